The number of alkyl halides is 2. The lowest BCUT2D eigenvalue weighted by Gasteiger charge is -2.32. The Labute approximate surface area is 152 Å². The fraction of sp³-hybridized carbons (Fsp3) is 0.833. The molecule has 2 fully saturated rings. The minimum Gasteiger partial charge on any atom is -0.444 e. The van der Waals surface area contributed by atoms with Crippen LogP contribution in [0.5, 0.6) is 0 Å². The Balaban J connectivity index is 1.53. The van der Waals surface area contributed by atoms with Gasteiger partial charge in [-0.3, -0.25) is 0 Å². The average Bonchev–Trinajstić information content (AvgIpc) is 3.03. The van der Waals surface area contributed by atoms with Gasteiger partial charge >= 0.3 is 6.09 Å². The van der Waals surface area contributed by atoms with Crippen molar-refractivity contribution in [3.05, 3.63) is 11.9 Å². The summed E-state index contributed by atoms with van der Waals surface area (Å²) in [6, 6.07) is 0.0118. The smallest absolute Gasteiger partial charge is 0.410 e. The number of ether oxygens (including phenoxy) is 1. The number of halogens is 2. The van der Waals surface area contributed by atoms with E-state index in [0.29, 0.717) is 25.9 Å². The van der Waals surface area contributed by atoms with E-state index in [0.717, 1.165) is 18.5 Å². The molecule has 146 valence electrons. The van der Waals surface area contributed by atoms with Crippen LogP contribution in [0.4, 0.5) is 13.6 Å². The maximum atomic E-state index is 13.3. The first-order valence-electron chi connectivity index (χ1n) is 9.40. The highest BCUT2D eigenvalue weighted by atomic mass is 19.3. The van der Waals surface area contributed by atoms with E-state index in [-0.39, 0.29) is 30.9 Å². The number of rotatable bonds is 2. The number of amides is 1. The second kappa shape index (κ2) is 7.12. The third-order valence-corrected chi connectivity index (χ3v) is 5.15. The number of carbonyl (C=O) groups excluding carboxylic acids is 1. The van der Waals surface area contributed by atoms with E-state index in [4.69, 9.17) is 4.74 Å². The van der Waals surface area contributed by atoms with Crippen molar-refractivity contribution >= 4 is 6.09 Å². The summed E-state index contributed by atoms with van der Waals surface area (Å²) in [6.07, 6.45) is 3.95. The van der Waals surface area contributed by atoms with Crippen molar-refractivity contribution in [2.24, 2.45) is 0 Å². The molecule has 0 N–H and O–H groups in total. The zero-order valence-electron chi connectivity index (χ0n) is 15.8. The van der Waals surface area contributed by atoms with E-state index in [9.17, 15) is 13.6 Å². The van der Waals surface area contributed by atoms with E-state index in [1.807, 2.05) is 27.0 Å². The summed E-state index contributed by atoms with van der Waals surface area (Å²) in [5, 5.41) is 8.45. The van der Waals surface area contributed by atoms with Gasteiger partial charge in [0.05, 0.1) is 11.7 Å². The van der Waals surface area contributed by atoms with Gasteiger partial charge in [-0.1, -0.05) is 5.21 Å². The Kier molecular flexibility index (Phi) is 5.21. The fourth-order valence-corrected chi connectivity index (χ4v) is 3.63. The van der Waals surface area contributed by atoms with Gasteiger partial charge in [-0.15, -0.1) is 5.10 Å². The molecular formula is C18H28F2N4O2. The van der Waals surface area contributed by atoms with Crippen molar-refractivity contribution in [3.8, 4) is 0 Å². The number of piperidine rings is 1. The van der Waals surface area contributed by atoms with Crippen LogP contribution in [-0.4, -0.2) is 50.6 Å². The minimum absolute atomic E-state index is 0.0118. The van der Waals surface area contributed by atoms with E-state index in [1.54, 1.807) is 9.58 Å². The first-order chi connectivity index (χ1) is 12.1. The molecule has 1 saturated heterocycles. The van der Waals surface area contributed by atoms with Gasteiger partial charge in [-0.2, -0.15) is 0 Å². The Bertz CT molecular complexity index is 623. The van der Waals surface area contributed by atoms with Crippen LogP contribution >= 0.6 is 0 Å². The molecule has 0 radical (unpaired) electrons. The summed E-state index contributed by atoms with van der Waals surface area (Å²) in [4.78, 5) is 13.9. The average molecular weight is 370 g/mol. The second-order valence-corrected chi connectivity index (χ2v) is 8.45. The molecule has 1 amide bonds. The van der Waals surface area contributed by atoms with Crippen molar-refractivity contribution in [1.29, 1.82) is 0 Å². The molecule has 0 unspecified atom stereocenters. The summed E-state index contributed by atoms with van der Waals surface area (Å²) in [7, 11) is 0. The normalized spacial score (nSPS) is 22.4. The SMILES string of the molecule is CC(C)(C)OC(=O)N1CCC(c2cn(C3CCC(F)(F)CC3)nn2)CC1. The van der Waals surface area contributed by atoms with Crippen LogP contribution in [0.15, 0.2) is 6.20 Å². The molecule has 1 aromatic rings. The number of hydrogen-bond donors (Lipinski definition) is 0. The van der Waals surface area contributed by atoms with Crippen molar-refractivity contribution in [2.45, 2.75) is 82.8 Å². The van der Waals surface area contributed by atoms with Gasteiger partial charge in [-0.05, 0) is 46.5 Å². The van der Waals surface area contributed by atoms with Crippen molar-refractivity contribution in [2.75, 3.05) is 13.1 Å². The van der Waals surface area contributed by atoms with Gasteiger partial charge < -0.3 is 9.64 Å². The molecule has 2 heterocycles. The predicted octanol–water partition coefficient (Wildman–Crippen LogP) is 4.14. The zero-order valence-corrected chi connectivity index (χ0v) is 15.8. The Morgan fingerprint density at radius 2 is 1.81 bits per heavy atom. The first-order valence-corrected chi connectivity index (χ1v) is 9.40. The van der Waals surface area contributed by atoms with E-state index in [2.05, 4.69) is 10.3 Å². The summed E-state index contributed by atoms with van der Waals surface area (Å²) >= 11 is 0. The van der Waals surface area contributed by atoms with Crippen molar-refractivity contribution in [1.82, 2.24) is 19.9 Å². The summed E-state index contributed by atoms with van der Waals surface area (Å²) < 4.78 is 33.8. The molecular weight excluding hydrogens is 342 g/mol. The molecule has 6 nitrogen and oxygen atoms in total. The topological polar surface area (TPSA) is 60.2 Å². The highest BCUT2D eigenvalue weighted by Gasteiger charge is 2.36. The molecule has 1 saturated carbocycles. The molecule has 8 heteroatoms. The quantitative estimate of drug-likeness (QED) is 0.785. The summed E-state index contributed by atoms with van der Waals surface area (Å²) in [5.41, 5.74) is 0.402. The largest absolute Gasteiger partial charge is 0.444 e. The summed E-state index contributed by atoms with van der Waals surface area (Å²) in [6.45, 7) is 6.83. The maximum absolute atomic E-state index is 13.3. The van der Waals surface area contributed by atoms with Gasteiger partial charge in [0, 0.05) is 38.0 Å². The van der Waals surface area contributed by atoms with Crippen LogP contribution in [-0.2, 0) is 4.74 Å². The van der Waals surface area contributed by atoms with Gasteiger partial charge in [0.25, 0.3) is 0 Å². The minimum atomic E-state index is -2.53. The predicted molar refractivity (Wildman–Crippen MR) is 92.3 cm³/mol. The molecule has 0 bridgehead atoms. The summed E-state index contributed by atoms with van der Waals surface area (Å²) in [5.74, 6) is -2.29. The van der Waals surface area contributed by atoms with Crippen LogP contribution in [0, 0.1) is 0 Å². The zero-order chi connectivity index (χ0) is 18.9. The van der Waals surface area contributed by atoms with Gasteiger partial charge in [0.15, 0.2) is 0 Å². The van der Waals surface area contributed by atoms with E-state index < -0.39 is 11.5 Å². The van der Waals surface area contributed by atoms with E-state index >= 15 is 0 Å². The van der Waals surface area contributed by atoms with Crippen LogP contribution in [0.2, 0.25) is 0 Å². The lowest BCUT2D eigenvalue weighted by molar-refractivity contribution is -0.0451. The Morgan fingerprint density at radius 3 is 2.38 bits per heavy atom. The second-order valence-electron chi connectivity index (χ2n) is 8.45. The molecule has 1 aromatic heterocycles. The molecule has 26 heavy (non-hydrogen) atoms. The first kappa shape index (κ1) is 19.0. The number of hydrogen-bond acceptors (Lipinski definition) is 4. The van der Waals surface area contributed by atoms with Crippen molar-refractivity contribution in [3.63, 3.8) is 0 Å². The van der Waals surface area contributed by atoms with Crippen LogP contribution in [0.3, 0.4) is 0 Å². The molecule has 1 aliphatic heterocycles. The third kappa shape index (κ3) is 4.71. The number of likely N-dealkylation sites (tertiary alicyclic amines) is 1. The Morgan fingerprint density at radius 1 is 1.19 bits per heavy atom. The van der Waals surface area contributed by atoms with E-state index in [1.165, 1.54) is 0 Å². The Hall–Kier alpha value is -1.73. The highest BCUT2D eigenvalue weighted by Crippen LogP contribution is 2.38. The standard InChI is InChI=1S/C18H28F2N4O2/c1-17(2,3)26-16(25)23-10-6-13(7-11-23)15-12-24(22-21-15)14-4-8-18(19,20)9-5-14/h12-14H,4-11H2,1-3H3. The fourth-order valence-electron chi connectivity index (χ4n) is 3.63. The molecule has 0 atom stereocenters. The number of carbonyl (C=O) groups is 1. The van der Waals surface area contributed by atoms with Gasteiger partial charge in [-0.25, -0.2) is 18.3 Å². The third-order valence-electron chi connectivity index (χ3n) is 5.15. The van der Waals surface area contributed by atoms with Crippen molar-refractivity contribution < 1.29 is 18.3 Å². The number of nitrogens with zero attached hydrogens (tertiary/aromatic N) is 4. The molecule has 3 rings (SSSR count). The lowest BCUT2D eigenvalue weighted by atomic mass is 9.92. The monoisotopic (exact) mass is 370 g/mol. The highest BCUT2D eigenvalue weighted by molar-refractivity contribution is 5.68. The van der Waals surface area contributed by atoms with Crippen LogP contribution in [0.25, 0.3) is 0 Å². The maximum Gasteiger partial charge on any atom is 0.410 e. The molecule has 0 spiro atoms. The van der Waals surface area contributed by atoms with Gasteiger partial charge in [0.2, 0.25) is 5.92 Å². The van der Waals surface area contributed by atoms with Gasteiger partial charge in [0.1, 0.15) is 5.60 Å². The molecule has 0 aromatic carbocycles. The molecule has 2 aliphatic rings. The van der Waals surface area contributed by atoms with Crippen LogP contribution < -0.4 is 0 Å². The van der Waals surface area contributed by atoms with Crippen LogP contribution in [0.1, 0.15) is 76.9 Å². The number of aromatic nitrogens is 3. The lowest BCUT2D eigenvalue weighted by Crippen LogP contribution is -2.41. The molecule has 1 aliphatic carbocycles.